The predicted molar refractivity (Wildman–Crippen MR) is 53.9 cm³/mol. The lowest BCUT2D eigenvalue weighted by Gasteiger charge is -2.01. The minimum Gasteiger partial charge on any atom is -0.429 e. The number of fused-ring (bicyclic) bond motifs is 1. The highest BCUT2D eigenvalue weighted by Crippen LogP contribution is 2.18. The zero-order valence-electron chi connectivity index (χ0n) is 7.51. The molecule has 5 nitrogen and oxygen atoms in total. The molecule has 0 saturated carbocycles. The molecule has 2 N–H and O–H groups in total. The molecule has 0 aliphatic carbocycles. The molecule has 1 aromatic heterocycles. The van der Waals surface area contributed by atoms with E-state index in [1.807, 2.05) is 0 Å². The Kier molecular flexibility index (Phi) is 2.09. The van der Waals surface area contributed by atoms with Crippen LogP contribution in [0.4, 0.5) is 0 Å². The maximum absolute atomic E-state index is 11.3. The zero-order valence-corrected chi connectivity index (χ0v) is 8.32. The molecule has 0 unspecified atom stereocenters. The Bertz CT molecular complexity index is 672. The maximum atomic E-state index is 11.3. The summed E-state index contributed by atoms with van der Waals surface area (Å²) in [6, 6.07) is 6.23. The molecule has 2 rings (SSSR count). The number of primary sulfonamides is 1. The van der Waals surface area contributed by atoms with Gasteiger partial charge in [-0.15, -0.1) is 0 Å². The molecule has 0 bridgehead atoms. The van der Waals surface area contributed by atoms with Crippen LogP contribution in [-0.2, 0) is 10.0 Å². The monoisotopic (exact) mass is 225 g/mol. The Morgan fingerprint density at radius 3 is 2.33 bits per heavy atom. The maximum Gasteiger partial charge on any atom is 0.343 e. The van der Waals surface area contributed by atoms with E-state index >= 15 is 0 Å². The summed E-state index contributed by atoms with van der Waals surface area (Å²) >= 11 is 0. The molecule has 1 aromatic carbocycles. The lowest BCUT2D eigenvalue weighted by atomic mass is 10.2. The average Bonchev–Trinajstić information content (AvgIpc) is 2.17. The van der Waals surface area contributed by atoms with Crippen LogP contribution >= 0.6 is 0 Å². The summed E-state index contributed by atoms with van der Waals surface area (Å²) < 4.78 is 26.9. The van der Waals surface area contributed by atoms with Gasteiger partial charge in [0.1, 0.15) is 11.2 Å². The van der Waals surface area contributed by atoms with E-state index in [0.717, 1.165) is 6.26 Å². The lowest BCUT2D eigenvalue weighted by Crippen LogP contribution is -2.14. The van der Waals surface area contributed by atoms with Crippen LogP contribution in [0.2, 0.25) is 0 Å². The van der Waals surface area contributed by atoms with Crippen LogP contribution in [0, 0.1) is 0 Å². The molecule has 0 saturated heterocycles. The summed E-state index contributed by atoms with van der Waals surface area (Å²) in [7, 11) is -3.88. The Morgan fingerprint density at radius 2 is 1.73 bits per heavy atom. The summed E-state index contributed by atoms with van der Waals surface area (Å²) in [6.45, 7) is 0. The molecule has 0 radical (unpaired) electrons. The number of nitrogens with two attached hydrogens (primary N) is 1. The highest BCUT2D eigenvalue weighted by atomic mass is 32.2. The van der Waals surface area contributed by atoms with E-state index in [9.17, 15) is 13.2 Å². The van der Waals surface area contributed by atoms with Crippen molar-refractivity contribution in [1.29, 1.82) is 0 Å². The Labute approximate surface area is 85.2 Å². The van der Waals surface area contributed by atoms with Crippen LogP contribution < -0.4 is 10.8 Å². The van der Waals surface area contributed by atoms with Crippen LogP contribution in [0.15, 0.2) is 44.6 Å². The van der Waals surface area contributed by atoms with Gasteiger partial charge in [-0.05, 0) is 6.07 Å². The van der Waals surface area contributed by atoms with E-state index in [1.54, 1.807) is 12.1 Å². The Balaban J connectivity index is 3.03. The second-order valence-electron chi connectivity index (χ2n) is 2.98. The van der Waals surface area contributed by atoms with Crippen molar-refractivity contribution in [3.63, 3.8) is 0 Å². The van der Waals surface area contributed by atoms with Gasteiger partial charge in [0.05, 0.1) is 5.39 Å². The Hall–Kier alpha value is -1.66. The zero-order chi connectivity index (χ0) is 11.1. The molecule has 0 aliphatic heterocycles. The van der Waals surface area contributed by atoms with Gasteiger partial charge < -0.3 is 4.42 Å². The molecule has 6 heteroatoms. The van der Waals surface area contributed by atoms with Crippen molar-refractivity contribution >= 4 is 20.8 Å². The minimum atomic E-state index is -3.88. The lowest BCUT2D eigenvalue weighted by molar-refractivity contribution is 0.504. The fourth-order valence-electron chi connectivity index (χ4n) is 1.33. The molecule has 0 spiro atoms. The highest BCUT2D eigenvalue weighted by Gasteiger charge is 2.14. The molecule has 2 aromatic rings. The summed E-state index contributed by atoms with van der Waals surface area (Å²) in [6.07, 6.45) is 0.861. The van der Waals surface area contributed by atoms with Crippen LogP contribution in [0.1, 0.15) is 0 Å². The molecule has 15 heavy (non-hydrogen) atoms. The molecule has 0 aliphatic rings. The number of hydrogen-bond donors (Lipinski definition) is 1. The van der Waals surface area contributed by atoms with Crippen molar-refractivity contribution < 1.29 is 12.8 Å². The third-order valence-electron chi connectivity index (χ3n) is 1.99. The molecule has 0 fully saturated rings. The topological polar surface area (TPSA) is 90.4 Å². The van der Waals surface area contributed by atoms with Gasteiger partial charge in [-0.25, -0.2) is 18.4 Å². The van der Waals surface area contributed by atoms with Gasteiger partial charge >= 0.3 is 5.63 Å². The second-order valence-corrected chi connectivity index (χ2v) is 4.51. The standard InChI is InChI=1S/C9H7NO4S/c10-15(12,13)8-5-14-9(11)7-4-2-1-3-6(7)8/h1-5H,(H2,10,12,13). The van der Waals surface area contributed by atoms with Crippen molar-refractivity contribution in [2.45, 2.75) is 4.90 Å². The van der Waals surface area contributed by atoms with Gasteiger partial charge in [0.15, 0.2) is 0 Å². The normalized spacial score (nSPS) is 11.8. The smallest absolute Gasteiger partial charge is 0.343 e. The van der Waals surface area contributed by atoms with Gasteiger partial charge in [-0.2, -0.15) is 0 Å². The molecular formula is C9H7NO4S. The summed E-state index contributed by atoms with van der Waals surface area (Å²) in [4.78, 5) is 11.1. The van der Waals surface area contributed by atoms with Gasteiger partial charge in [0, 0.05) is 5.39 Å². The first-order valence-electron chi connectivity index (χ1n) is 4.03. The number of hydrogen-bond acceptors (Lipinski definition) is 4. The predicted octanol–water partition coefficient (Wildman–Crippen LogP) is 0.440. The molecule has 0 atom stereocenters. The van der Waals surface area contributed by atoms with Crippen molar-refractivity contribution in [2.75, 3.05) is 0 Å². The average molecular weight is 225 g/mol. The van der Waals surface area contributed by atoms with Crippen molar-refractivity contribution in [2.24, 2.45) is 5.14 Å². The van der Waals surface area contributed by atoms with Gasteiger partial charge in [-0.1, -0.05) is 18.2 Å². The first-order chi connectivity index (χ1) is 7.00. The van der Waals surface area contributed by atoms with E-state index in [4.69, 9.17) is 5.14 Å². The summed E-state index contributed by atoms with van der Waals surface area (Å²) in [5, 5.41) is 5.46. The first-order valence-corrected chi connectivity index (χ1v) is 5.58. The third kappa shape index (κ3) is 1.64. The van der Waals surface area contributed by atoms with Crippen LogP contribution in [0.25, 0.3) is 10.8 Å². The van der Waals surface area contributed by atoms with Crippen molar-refractivity contribution in [3.8, 4) is 0 Å². The van der Waals surface area contributed by atoms with Crippen molar-refractivity contribution in [3.05, 3.63) is 40.9 Å². The SMILES string of the molecule is NS(=O)(=O)c1coc(=O)c2ccccc12. The van der Waals surface area contributed by atoms with E-state index in [2.05, 4.69) is 4.42 Å². The number of rotatable bonds is 1. The van der Waals surface area contributed by atoms with E-state index < -0.39 is 15.6 Å². The van der Waals surface area contributed by atoms with Crippen LogP contribution in [0.3, 0.4) is 0 Å². The van der Waals surface area contributed by atoms with Gasteiger partial charge in [-0.3, -0.25) is 0 Å². The highest BCUT2D eigenvalue weighted by molar-refractivity contribution is 7.89. The number of benzene rings is 1. The van der Waals surface area contributed by atoms with Gasteiger partial charge in [0.25, 0.3) is 0 Å². The molecule has 0 amide bonds. The Morgan fingerprint density at radius 1 is 1.13 bits per heavy atom. The second kappa shape index (κ2) is 3.18. The quantitative estimate of drug-likeness (QED) is 0.762. The summed E-state index contributed by atoms with van der Waals surface area (Å²) in [5.74, 6) is 0. The largest absolute Gasteiger partial charge is 0.429 e. The fraction of sp³-hybridized carbons (Fsp3) is 0. The van der Waals surface area contributed by atoms with Crippen LogP contribution in [0.5, 0.6) is 0 Å². The summed E-state index contributed by atoms with van der Waals surface area (Å²) in [5.41, 5.74) is -0.585. The minimum absolute atomic E-state index is 0.183. The number of sulfonamides is 1. The van der Waals surface area contributed by atoms with E-state index in [-0.39, 0.29) is 15.7 Å². The fourth-order valence-corrected chi connectivity index (χ4v) is 2.00. The molecule has 1 heterocycles. The van der Waals surface area contributed by atoms with Crippen molar-refractivity contribution in [1.82, 2.24) is 0 Å². The van der Waals surface area contributed by atoms with E-state index in [1.165, 1.54) is 12.1 Å². The van der Waals surface area contributed by atoms with Gasteiger partial charge in [0.2, 0.25) is 10.0 Å². The molecule has 78 valence electrons. The molecular weight excluding hydrogens is 218 g/mol. The first kappa shape index (κ1) is 9.88. The third-order valence-corrected chi connectivity index (χ3v) is 2.92. The van der Waals surface area contributed by atoms with Crippen LogP contribution in [-0.4, -0.2) is 8.42 Å². The van der Waals surface area contributed by atoms with E-state index in [0.29, 0.717) is 0 Å².